The fraction of sp³-hybridized carbons (Fsp3) is 0.846. The molecule has 0 aromatic carbocycles. The van der Waals surface area contributed by atoms with Gasteiger partial charge in [-0.2, -0.15) is 0 Å². The summed E-state index contributed by atoms with van der Waals surface area (Å²) in [6, 6.07) is -0.0386. The van der Waals surface area contributed by atoms with Crippen molar-refractivity contribution in [2.45, 2.75) is 31.9 Å². The zero-order valence-corrected chi connectivity index (χ0v) is 11.9. The molecule has 2 amide bonds. The van der Waals surface area contributed by atoms with Crippen LogP contribution < -0.4 is 10.6 Å². The van der Waals surface area contributed by atoms with Crippen molar-refractivity contribution in [1.82, 2.24) is 15.5 Å². The second kappa shape index (κ2) is 7.44. The number of carbonyl (C=O) groups excluding carboxylic acids is 2. The fourth-order valence-electron chi connectivity index (χ4n) is 2.56. The summed E-state index contributed by atoms with van der Waals surface area (Å²) in [5.41, 5.74) is 0. The summed E-state index contributed by atoms with van der Waals surface area (Å²) in [4.78, 5) is 25.5. The number of carbonyl (C=O) groups is 2. The van der Waals surface area contributed by atoms with Gasteiger partial charge in [0.25, 0.3) is 5.91 Å². The molecule has 0 saturated carbocycles. The second-order valence-corrected chi connectivity index (χ2v) is 5.05. The standard InChI is InChI=1S/C13H23N3O4/c1-2-19-13(18)15-10-4-3-6-16(9-10)12(17)11-8-14-5-7-20-11/h10-11,14H,2-9H2,1H3,(H,15,18). The topological polar surface area (TPSA) is 79.9 Å². The highest BCUT2D eigenvalue weighted by Crippen LogP contribution is 2.13. The highest BCUT2D eigenvalue weighted by Gasteiger charge is 2.31. The molecule has 2 rings (SSSR count). The number of likely N-dealkylation sites (tertiary alicyclic amines) is 1. The monoisotopic (exact) mass is 285 g/mol. The van der Waals surface area contributed by atoms with E-state index < -0.39 is 12.2 Å². The minimum atomic E-state index is -0.414. The van der Waals surface area contributed by atoms with Crippen molar-refractivity contribution in [3.8, 4) is 0 Å². The van der Waals surface area contributed by atoms with E-state index in [0.717, 1.165) is 25.9 Å². The molecule has 0 spiro atoms. The first-order valence-electron chi connectivity index (χ1n) is 7.25. The molecule has 2 aliphatic heterocycles. The van der Waals surface area contributed by atoms with Crippen LogP contribution in [0.15, 0.2) is 0 Å². The Morgan fingerprint density at radius 2 is 2.35 bits per heavy atom. The highest BCUT2D eigenvalue weighted by molar-refractivity contribution is 5.81. The van der Waals surface area contributed by atoms with E-state index in [-0.39, 0.29) is 11.9 Å². The summed E-state index contributed by atoms with van der Waals surface area (Å²) in [7, 11) is 0. The Hall–Kier alpha value is -1.34. The summed E-state index contributed by atoms with van der Waals surface area (Å²) >= 11 is 0. The molecule has 2 fully saturated rings. The third kappa shape index (κ3) is 4.08. The van der Waals surface area contributed by atoms with E-state index in [1.165, 1.54) is 0 Å². The fourth-order valence-corrected chi connectivity index (χ4v) is 2.56. The summed E-state index contributed by atoms with van der Waals surface area (Å²) in [5.74, 6) is 0.00700. The molecule has 0 aromatic rings. The Kier molecular flexibility index (Phi) is 5.60. The molecule has 2 atom stereocenters. The first-order chi connectivity index (χ1) is 9.70. The van der Waals surface area contributed by atoms with Gasteiger partial charge in [0.1, 0.15) is 6.10 Å². The lowest BCUT2D eigenvalue weighted by molar-refractivity contribution is -0.146. The van der Waals surface area contributed by atoms with E-state index in [2.05, 4.69) is 10.6 Å². The minimum absolute atomic E-state index is 0.00700. The van der Waals surface area contributed by atoms with E-state index in [4.69, 9.17) is 9.47 Å². The lowest BCUT2D eigenvalue weighted by atomic mass is 10.1. The summed E-state index contributed by atoms with van der Waals surface area (Å²) in [6.45, 7) is 5.28. The molecule has 2 heterocycles. The van der Waals surface area contributed by atoms with Crippen molar-refractivity contribution >= 4 is 12.0 Å². The van der Waals surface area contributed by atoms with Crippen LogP contribution in [-0.2, 0) is 14.3 Å². The Morgan fingerprint density at radius 3 is 3.05 bits per heavy atom. The van der Waals surface area contributed by atoms with Gasteiger partial charge in [-0.1, -0.05) is 0 Å². The molecular formula is C13H23N3O4. The van der Waals surface area contributed by atoms with Crippen LogP contribution in [0.4, 0.5) is 4.79 Å². The van der Waals surface area contributed by atoms with Crippen molar-refractivity contribution in [2.24, 2.45) is 0 Å². The Morgan fingerprint density at radius 1 is 1.50 bits per heavy atom. The number of alkyl carbamates (subject to hydrolysis) is 1. The van der Waals surface area contributed by atoms with E-state index in [9.17, 15) is 9.59 Å². The number of morpholine rings is 1. The van der Waals surface area contributed by atoms with Crippen molar-refractivity contribution in [3.63, 3.8) is 0 Å². The molecule has 20 heavy (non-hydrogen) atoms. The van der Waals surface area contributed by atoms with Crippen LogP contribution >= 0.6 is 0 Å². The molecule has 2 aliphatic rings. The van der Waals surface area contributed by atoms with Crippen LogP contribution in [0.5, 0.6) is 0 Å². The maximum absolute atomic E-state index is 12.3. The van der Waals surface area contributed by atoms with Crippen molar-refractivity contribution in [2.75, 3.05) is 39.4 Å². The van der Waals surface area contributed by atoms with Crippen molar-refractivity contribution in [1.29, 1.82) is 0 Å². The molecule has 0 radical (unpaired) electrons. The lowest BCUT2D eigenvalue weighted by Crippen LogP contribution is -2.55. The van der Waals surface area contributed by atoms with Crippen LogP contribution in [0.25, 0.3) is 0 Å². The van der Waals surface area contributed by atoms with Gasteiger partial charge in [0, 0.05) is 32.2 Å². The van der Waals surface area contributed by atoms with Gasteiger partial charge in [0.2, 0.25) is 0 Å². The van der Waals surface area contributed by atoms with Gasteiger partial charge in [-0.05, 0) is 19.8 Å². The molecular weight excluding hydrogens is 262 g/mol. The van der Waals surface area contributed by atoms with Crippen LogP contribution in [0.2, 0.25) is 0 Å². The second-order valence-electron chi connectivity index (χ2n) is 5.05. The van der Waals surface area contributed by atoms with Crippen LogP contribution in [0.1, 0.15) is 19.8 Å². The number of nitrogens with zero attached hydrogens (tertiary/aromatic N) is 1. The van der Waals surface area contributed by atoms with Crippen LogP contribution in [0.3, 0.4) is 0 Å². The molecule has 2 unspecified atom stereocenters. The number of hydrogen-bond acceptors (Lipinski definition) is 5. The van der Waals surface area contributed by atoms with Gasteiger partial charge in [0.05, 0.1) is 13.2 Å². The van der Waals surface area contributed by atoms with Crippen molar-refractivity contribution < 1.29 is 19.1 Å². The minimum Gasteiger partial charge on any atom is -0.450 e. The molecule has 7 nitrogen and oxygen atoms in total. The first-order valence-corrected chi connectivity index (χ1v) is 7.25. The zero-order valence-electron chi connectivity index (χ0n) is 11.9. The zero-order chi connectivity index (χ0) is 14.4. The molecule has 2 N–H and O–H groups in total. The maximum atomic E-state index is 12.3. The van der Waals surface area contributed by atoms with Crippen LogP contribution in [0, 0.1) is 0 Å². The largest absolute Gasteiger partial charge is 0.450 e. The predicted molar refractivity (Wildman–Crippen MR) is 72.4 cm³/mol. The first kappa shape index (κ1) is 15.1. The van der Waals surface area contributed by atoms with Gasteiger partial charge in [-0.15, -0.1) is 0 Å². The van der Waals surface area contributed by atoms with Crippen LogP contribution in [-0.4, -0.2) is 68.4 Å². The van der Waals surface area contributed by atoms with Gasteiger partial charge in [-0.3, -0.25) is 4.79 Å². The van der Waals surface area contributed by atoms with Gasteiger partial charge in [-0.25, -0.2) is 4.79 Å². The van der Waals surface area contributed by atoms with E-state index in [1.54, 1.807) is 11.8 Å². The number of amides is 2. The Bertz CT molecular complexity index is 345. The van der Waals surface area contributed by atoms with E-state index in [1.807, 2.05) is 0 Å². The number of piperidine rings is 1. The third-order valence-electron chi connectivity index (χ3n) is 3.53. The Labute approximate surface area is 119 Å². The molecule has 114 valence electrons. The third-order valence-corrected chi connectivity index (χ3v) is 3.53. The summed E-state index contributed by atoms with van der Waals surface area (Å²) in [5, 5.41) is 5.95. The van der Waals surface area contributed by atoms with E-state index in [0.29, 0.717) is 26.3 Å². The molecule has 0 aromatic heterocycles. The summed E-state index contributed by atoms with van der Waals surface area (Å²) < 4.78 is 10.4. The van der Waals surface area contributed by atoms with Gasteiger partial charge in [0.15, 0.2) is 0 Å². The summed E-state index contributed by atoms with van der Waals surface area (Å²) in [6.07, 6.45) is 0.933. The van der Waals surface area contributed by atoms with Crippen molar-refractivity contribution in [3.05, 3.63) is 0 Å². The van der Waals surface area contributed by atoms with Gasteiger partial charge < -0.3 is 25.0 Å². The SMILES string of the molecule is CCOC(=O)NC1CCCN(C(=O)C2CNCCO2)C1. The molecule has 0 bridgehead atoms. The van der Waals surface area contributed by atoms with E-state index >= 15 is 0 Å². The maximum Gasteiger partial charge on any atom is 0.407 e. The normalized spacial score (nSPS) is 26.9. The molecule has 2 saturated heterocycles. The number of nitrogens with one attached hydrogen (secondary N) is 2. The molecule has 7 heteroatoms. The quantitative estimate of drug-likeness (QED) is 0.745. The number of ether oxygens (including phenoxy) is 2. The number of rotatable bonds is 3. The molecule has 0 aliphatic carbocycles. The van der Waals surface area contributed by atoms with Gasteiger partial charge >= 0.3 is 6.09 Å². The highest BCUT2D eigenvalue weighted by atomic mass is 16.5. The predicted octanol–water partition coefficient (Wildman–Crippen LogP) is -0.288. The average molecular weight is 285 g/mol. The smallest absolute Gasteiger partial charge is 0.407 e. The Balaban J connectivity index is 1.82. The lowest BCUT2D eigenvalue weighted by Gasteiger charge is -2.35. The number of hydrogen-bond donors (Lipinski definition) is 2. The average Bonchev–Trinajstić information content (AvgIpc) is 2.48.